The molecule has 4 aromatic carbocycles. The smallest absolute Gasteiger partial charge is 0.339 e. The molecule has 1 aliphatic heterocycles. The van der Waals surface area contributed by atoms with E-state index in [4.69, 9.17) is 4.18 Å². The van der Waals surface area contributed by atoms with E-state index in [1.807, 2.05) is 49.4 Å². The minimum atomic E-state index is -4.08. The van der Waals surface area contributed by atoms with Gasteiger partial charge in [0.2, 0.25) is 0 Å². The molecule has 1 heterocycles. The Balaban J connectivity index is 1.39. The van der Waals surface area contributed by atoms with E-state index in [1.165, 1.54) is 29.2 Å². The van der Waals surface area contributed by atoms with Gasteiger partial charge in [-0.3, -0.25) is 14.5 Å². The Morgan fingerprint density at radius 2 is 1.56 bits per heavy atom. The van der Waals surface area contributed by atoms with Crippen LogP contribution in [0.4, 0.5) is 4.79 Å². The van der Waals surface area contributed by atoms with Crippen LogP contribution in [-0.4, -0.2) is 24.5 Å². The van der Waals surface area contributed by atoms with Crippen molar-refractivity contribution in [2.24, 2.45) is 0 Å². The number of benzene rings is 4. The van der Waals surface area contributed by atoms with Crippen molar-refractivity contribution in [2.45, 2.75) is 18.4 Å². The van der Waals surface area contributed by atoms with Crippen LogP contribution in [0.5, 0.6) is 5.75 Å². The highest BCUT2D eigenvalue weighted by atomic mass is 32.2. The number of fused-ring (bicyclic) bond motifs is 1. The first-order valence-electron chi connectivity index (χ1n) is 11.1. The van der Waals surface area contributed by atoms with Crippen molar-refractivity contribution in [3.63, 3.8) is 0 Å². The van der Waals surface area contributed by atoms with Gasteiger partial charge in [-0.25, -0.2) is 0 Å². The third kappa shape index (κ3) is 4.91. The number of imide groups is 1. The number of amides is 2. The van der Waals surface area contributed by atoms with Crippen LogP contribution in [0.1, 0.15) is 16.7 Å². The molecule has 0 saturated carbocycles. The molecule has 180 valence electrons. The number of hydrogen-bond acceptors (Lipinski definition) is 6. The lowest BCUT2D eigenvalue weighted by molar-refractivity contribution is -0.123. The van der Waals surface area contributed by atoms with Gasteiger partial charge in [-0.1, -0.05) is 72.3 Å². The van der Waals surface area contributed by atoms with E-state index in [9.17, 15) is 18.0 Å². The number of hydrogen-bond donors (Lipinski definition) is 0. The molecule has 1 saturated heterocycles. The zero-order chi connectivity index (χ0) is 25.3. The number of carbonyl (C=O) groups excluding carboxylic acids is 2. The van der Waals surface area contributed by atoms with E-state index in [1.54, 1.807) is 30.3 Å². The molecule has 0 aliphatic carbocycles. The number of rotatable bonds is 6. The predicted molar refractivity (Wildman–Crippen MR) is 141 cm³/mol. The molecule has 5 rings (SSSR count). The van der Waals surface area contributed by atoms with Crippen molar-refractivity contribution in [3.8, 4) is 5.75 Å². The largest absolute Gasteiger partial charge is 0.378 e. The summed E-state index contributed by atoms with van der Waals surface area (Å²) in [5, 5.41) is 1.72. The van der Waals surface area contributed by atoms with Crippen LogP contribution in [-0.2, 0) is 21.5 Å². The van der Waals surface area contributed by atoms with Crippen LogP contribution < -0.4 is 4.18 Å². The predicted octanol–water partition coefficient (Wildman–Crippen LogP) is 6.15. The van der Waals surface area contributed by atoms with Crippen molar-refractivity contribution >= 4 is 49.9 Å². The quantitative estimate of drug-likeness (QED) is 0.226. The van der Waals surface area contributed by atoms with Gasteiger partial charge in [0.15, 0.2) is 0 Å². The van der Waals surface area contributed by atoms with Gasteiger partial charge < -0.3 is 4.18 Å². The molecule has 0 radical (unpaired) electrons. The molecule has 36 heavy (non-hydrogen) atoms. The zero-order valence-corrected chi connectivity index (χ0v) is 20.9. The third-order valence-corrected chi connectivity index (χ3v) is 7.90. The van der Waals surface area contributed by atoms with Crippen LogP contribution in [0.3, 0.4) is 0 Å². The van der Waals surface area contributed by atoms with Crippen molar-refractivity contribution in [1.82, 2.24) is 4.90 Å². The lowest BCUT2D eigenvalue weighted by Crippen LogP contribution is -2.27. The summed E-state index contributed by atoms with van der Waals surface area (Å²) in [6.45, 7) is 2.01. The van der Waals surface area contributed by atoms with Crippen LogP contribution >= 0.6 is 11.8 Å². The first-order valence-corrected chi connectivity index (χ1v) is 13.4. The summed E-state index contributed by atoms with van der Waals surface area (Å²) in [5.74, 6) is -0.367. The highest BCUT2D eigenvalue weighted by Gasteiger charge is 2.35. The Morgan fingerprint density at radius 3 is 2.33 bits per heavy atom. The first kappa shape index (κ1) is 23.8. The molecule has 0 bridgehead atoms. The van der Waals surface area contributed by atoms with Gasteiger partial charge in [0, 0.05) is 5.56 Å². The second kappa shape index (κ2) is 9.64. The summed E-state index contributed by atoms with van der Waals surface area (Å²) >= 11 is 0.818. The summed E-state index contributed by atoms with van der Waals surface area (Å²) in [6.07, 6.45) is 1.49. The molecule has 1 fully saturated rings. The Bertz CT molecular complexity index is 1630. The highest BCUT2D eigenvalue weighted by Crippen LogP contribution is 2.35. The van der Waals surface area contributed by atoms with Gasteiger partial charge in [-0.2, -0.15) is 8.42 Å². The Hall–Kier alpha value is -3.88. The number of nitrogens with zero attached hydrogens (tertiary/aromatic N) is 1. The molecule has 2 amide bonds. The Kier molecular flexibility index (Phi) is 6.38. The minimum Gasteiger partial charge on any atom is -0.378 e. The van der Waals surface area contributed by atoms with Crippen molar-refractivity contribution in [2.75, 3.05) is 0 Å². The summed E-state index contributed by atoms with van der Waals surface area (Å²) in [6, 6.07) is 26.5. The lowest BCUT2D eigenvalue weighted by Gasteiger charge is -2.13. The monoisotopic (exact) mass is 515 g/mol. The topological polar surface area (TPSA) is 80.8 Å². The minimum absolute atomic E-state index is 0.0265. The maximum Gasteiger partial charge on any atom is 0.339 e. The van der Waals surface area contributed by atoms with E-state index in [0.29, 0.717) is 5.56 Å². The standard InChI is InChI=1S/C28H21NO5S2/c1-19-10-14-24(15-11-19)36(32,33)34-25-9-5-4-8-23(25)17-26-27(30)29(28(31)35-26)18-20-12-13-21-6-2-3-7-22(21)16-20/h2-17H,18H2,1H3/b26-17-. The molecule has 0 N–H and O–H groups in total. The van der Waals surface area contributed by atoms with Crippen molar-refractivity contribution < 1.29 is 22.2 Å². The molecular formula is C28H21NO5S2. The second-order valence-corrected chi connectivity index (χ2v) is 10.9. The van der Waals surface area contributed by atoms with Crippen molar-refractivity contribution in [1.29, 1.82) is 0 Å². The van der Waals surface area contributed by atoms with Crippen LogP contribution in [0, 0.1) is 6.92 Å². The average molecular weight is 516 g/mol. The van der Waals surface area contributed by atoms with Crippen molar-refractivity contribution in [3.05, 3.63) is 113 Å². The van der Waals surface area contributed by atoms with E-state index in [0.717, 1.165) is 33.7 Å². The van der Waals surface area contributed by atoms with Gasteiger partial charge >= 0.3 is 10.1 Å². The van der Waals surface area contributed by atoms with E-state index >= 15 is 0 Å². The first-order chi connectivity index (χ1) is 17.3. The van der Waals surface area contributed by atoms with Gasteiger partial charge in [0.1, 0.15) is 10.6 Å². The number of aryl methyl sites for hydroxylation is 1. The van der Waals surface area contributed by atoms with Gasteiger partial charge in [0.05, 0.1) is 11.4 Å². The van der Waals surface area contributed by atoms with Gasteiger partial charge in [-0.05, 0) is 65.4 Å². The zero-order valence-electron chi connectivity index (χ0n) is 19.2. The Morgan fingerprint density at radius 1 is 0.861 bits per heavy atom. The van der Waals surface area contributed by atoms with E-state index in [2.05, 4.69) is 0 Å². The summed E-state index contributed by atoms with van der Waals surface area (Å²) in [4.78, 5) is 27.2. The van der Waals surface area contributed by atoms with E-state index in [-0.39, 0.29) is 27.3 Å². The maximum atomic E-state index is 13.1. The highest BCUT2D eigenvalue weighted by molar-refractivity contribution is 8.18. The fourth-order valence-corrected chi connectivity index (χ4v) is 5.63. The normalized spacial score (nSPS) is 15.1. The maximum absolute atomic E-state index is 13.1. The molecule has 4 aromatic rings. The molecule has 8 heteroatoms. The average Bonchev–Trinajstić information content (AvgIpc) is 3.12. The summed E-state index contributed by atoms with van der Waals surface area (Å²) < 4.78 is 31.0. The van der Waals surface area contributed by atoms with Crippen LogP contribution in [0.2, 0.25) is 0 Å². The fourth-order valence-electron chi connectivity index (χ4n) is 3.84. The molecule has 1 aliphatic rings. The molecule has 0 unspecified atom stereocenters. The second-order valence-electron chi connectivity index (χ2n) is 8.34. The fraction of sp³-hybridized carbons (Fsp3) is 0.0714. The molecule has 0 aromatic heterocycles. The summed E-state index contributed by atoms with van der Waals surface area (Å²) in [7, 11) is -4.08. The van der Waals surface area contributed by atoms with Gasteiger partial charge in [0.25, 0.3) is 11.1 Å². The van der Waals surface area contributed by atoms with E-state index < -0.39 is 16.0 Å². The molecule has 0 atom stereocenters. The Labute approximate surface area is 213 Å². The van der Waals surface area contributed by atoms with Crippen LogP contribution in [0.15, 0.2) is 101 Å². The molecule has 6 nitrogen and oxygen atoms in total. The summed E-state index contributed by atoms with van der Waals surface area (Å²) in [5.41, 5.74) is 2.14. The van der Waals surface area contributed by atoms with Gasteiger partial charge in [-0.15, -0.1) is 0 Å². The number of para-hydroxylation sites is 1. The number of carbonyl (C=O) groups is 2. The molecular weight excluding hydrogens is 494 g/mol. The van der Waals surface area contributed by atoms with Crippen LogP contribution in [0.25, 0.3) is 16.8 Å². The SMILES string of the molecule is Cc1ccc(S(=O)(=O)Oc2ccccc2/C=C2\SC(=O)N(Cc3ccc4ccccc4c3)C2=O)cc1. The molecule has 0 spiro atoms. The lowest BCUT2D eigenvalue weighted by atomic mass is 10.1. The number of thioether (sulfide) groups is 1. The third-order valence-electron chi connectivity index (χ3n) is 5.74.